The lowest BCUT2D eigenvalue weighted by Gasteiger charge is -2.06. The number of primary amides is 1. The van der Waals surface area contributed by atoms with Gasteiger partial charge in [0.25, 0.3) is 5.91 Å². The number of pyridine rings is 1. The van der Waals surface area contributed by atoms with E-state index in [1.165, 1.54) is 11.3 Å². The van der Waals surface area contributed by atoms with E-state index >= 15 is 0 Å². The van der Waals surface area contributed by atoms with Gasteiger partial charge < -0.3 is 16.4 Å². The second-order valence-electron chi connectivity index (χ2n) is 5.02. The minimum absolute atomic E-state index is 0.328. The maximum atomic E-state index is 12.6. The summed E-state index contributed by atoms with van der Waals surface area (Å²) in [5.41, 5.74) is 6.98. The minimum atomic E-state index is -0.729. The molecule has 0 spiro atoms. The molecule has 1 aliphatic heterocycles. The average Bonchev–Trinajstić information content (AvgIpc) is 2.84. The smallest absolute Gasteiger partial charge is 0.317 e. The van der Waals surface area contributed by atoms with Gasteiger partial charge in [-0.25, -0.2) is 4.79 Å². The second-order valence-corrected chi connectivity index (χ2v) is 6.08. The zero-order chi connectivity index (χ0) is 17.6. The third-order valence-corrected chi connectivity index (χ3v) is 4.34. The quantitative estimate of drug-likeness (QED) is 0.677. The van der Waals surface area contributed by atoms with Crippen LogP contribution < -0.4 is 21.7 Å². The van der Waals surface area contributed by atoms with Crippen LogP contribution in [0.1, 0.15) is 10.4 Å². The molecule has 0 saturated heterocycles. The van der Waals surface area contributed by atoms with E-state index in [1.54, 1.807) is 55.2 Å². The fourth-order valence-corrected chi connectivity index (χ4v) is 3.20. The summed E-state index contributed by atoms with van der Waals surface area (Å²) in [7, 11) is 0. The molecule has 126 valence electrons. The molecular formula is C17H15N5O2S. The highest BCUT2D eigenvalue weighted by molar-refractivity contribution is 7.20. The molecule has 0 aliphatic carbocycles. The molecule has 3 heterocycles. The minimum Gasteiger partial charge on any atom is -0.366 e. The number of nitrogens with two attached hydrogens (primary N) is 1. The molecule has 1 aliphatic rings. The monoisotopic (exact) mass is 353 g/mol. The van der Waals surface area contributed by atoms with Crippen molar-refractivity contribution >= 4 is 28.3 Å². The lowest BCUT2D eigenvalue weighted by Crippen LogP contribution is -2.25. The molecule has 7 nitrogen and oxygen atoms in total. The number of rotatable bonds is 4. The third kappa shape index (κ3) is 4.12. The molecule has 0 unspecified atom stereocenters. The number of urea groups is 1. The largest absolute Gasteiger partial charge is 0.366 e. The zero-order valence-electron chi connectivity index (χ0n) is 13.0. The number of carbonyl (C=O) groups is 2. The summed E-state index contributed by atoms with van der Waals surface area (Å²) in [4.78, 5) is 28.8. The number of hydrogen-bond acceptors (Lipinski definition) is 5. The molecule has 2 aromatic rings. The molecule has 0 radical (unpaired) electrons. The number of aromatic nitrogens is 1. The van der Waals surface area contributed by atoms with E-state index in [-0.39, 0.29) is 5.91 Å². The summed E-state index contributed by atoms with van der Waals surface area (Å²) >= 11 is 1.26. The van der Waals surface area contributed by atoms with Crippen molar-refractivity contribution in [2.75, 3.05) is 5.32 Å². The molecule has 0 atom stereocenters. The van der Waals surface area contributed by atoms with Crippen LogP contribution in [-0.2, 0) is 0 Å². The first-order valence-corrected chi connectivity index (χ1v) is 8.16. The van der Waals surface area contributed by atoms with Crippen LogP contribution in [-0.4, -0.2) is 16.9 Å². The Bertz CT molecular complexity index is 884. The van der Waals surface area contributed by atoms with Gasteiger partial charge in [0.2, 0.25) is 0 Å². The van der Waals surface area contributed by atoms with Crippen LogP contribution in [0.2, 0.25) is 0 Å². The molecule has 3 amide bonds. The standard InChI is InChI=1S/C17H15N5O2S/c18-17(24)22-16-13(8-14(25-16)11-4-3-7-19-9-11)15(23)21-12-5-1-2-6-20-10-12/h1-10,20H,(H,21,23)(H3,18,22,24). The summed E-state index contributed by atoms with van der Waals surface area (Å²) in [6.45, 7) is 0. The zero-order valence-corrected chi connectivity index (χ0v) is 13.8. The average molecular weight is 353 g/mol. The number of amides is 3. The molecule has 8 heteroatoms. The molecule has 0 saturated carbocycles. The van der Waals surface area contributed by atoms with E-state index in [0.717, 1.165) is 10.4 Å². The fraction of sp³-hybridized carbons (Fsp3) is 0. The summed E-state index contributed by atoms with van der Waals surface area (Å²) < 4.78 is 0. The van der Waals surface area contributed by atoms with Crippen LogP contribution in [0.5, 0.6) is 0 Å². The van der Waals surface area contributed by atoms with Crippen molar-refractivity contribution in [1.29, 1.82) is 0 Å². The van der Waals surface area contributed by atoms with Gasteiger partial charge in [-0.15, -0.1) is 11.3 Å². The highest BCUT2D eigenvalue weighted by atomic mass is 32.1. The van der Waals surface area contributed by atoms with Crippen LogP contribution >= 0.6 is 11.3 Å². The van der Waals surface area contributed by atoms with Crippen molar-refractivity contribution in [3.05, 3.63) is 72.5 Å². The molecule has 2 aromatic heterocycles. The first-order chi connectivity index (χ1) is 12.1. The number of thiophene rings is 1. The number of nitrogens with zero attached hydrogens (tertiary/aromatic N) is 1. The number of anilines is 1. The Morgan fingerprint density at radius 2 is 2.12 bits per heavy atom. The summed E-state index contributed by atoms with van der Waals surface area (Å²) in [5.74, 6) is -0.352. The summed E-state index contributed by atoms with van der Waals surface area (Å²) in [6, 6.07) is 4.65. The lowest BCUT2D eigenvalue weighted by atomic mass is 10.2. The summed E-state index contributed by atoms with van der Waals surface area (Å²) in [6.07, 6.45) is 12.1. The van der Waals surface area contributed by atoms with E-state index in [4.69, 9.17) is 5.73 Å². The second kappa shape index (κ2) is 7.45. The predicted molar refractivity (Wildman–Crippen MR) is 97.7 cm³/mol. The van der Waals surface area contributed by atoms with Gasteiger partial charge in [-0.05, 0) is 24.3 Å². The Kier molecular flexibility index (Phi) is 4.91. The third-order valence-electron chi connectivity index (χ3n) is 3.24. The van der Waals surface area contributed by atoms with Crippen LogP contribution in [0, 0.1) is 0 Å². The Balaban J connectivity index is 1.90. The van der Waals surface area contributed by atoms with Crippen molar-refractivity contribution in [3.63, 3.8) is 0 Å². The molecule has 0 fully saturated rings. The molecule has 0 bridgehead atoms. The highest BCUT2D eigenvalue weighted by Gasteiger charge is 2.18. The maximum Gasteiger partial charge on any atom is 0.317 e. The predicted octanol–water partition coefficient (Wildman–Crippen LogP) is 2.55. The fourth-order valence-electron chi connectivity index (χ4n) is 2.15. The molecule has 0 aromatic carbocycles. The Morgan fingerprint density at radius 3 is 2.88 bits per heavy atom. The molecule has 25 heavy (non-hydrogen) atoms. The molecule has 5 N–H and O–H groups in total. The lowest BCUT2D eigenvalue weighted by molar-refractivity contribution is 0.0968. The molecular weight excluding hydrogens is 338 g/mol. The van der Waals surface area contributed by atoms with Gasteiger partial charge in [0.05, 0.1) is 11.3 Å². The van der Waals surface area contributed by atoms with Crippen molar-refractivity contribution in [2.24, 2.45) is 5.73 Å². The van der Waals surface area contributed by atoms with E-state index in [2.05, 4.69) is 20.9 Å². The summed E-state index contributed by atoms with van der Waals surface area (Å²) in [5, 5.41) is 8.59. The number of nitrogens with one attached hydrogen (secondary N) is 3. The number of allylic oxidation sites excluding steroid dienone is 3. The van der Waals surface area contributed by atoms with Crippen molar-refractivity contribution in [2.45, 2.75) is 0 Å². The van der Waals surface area contributed by atoms with E-state index in [1.807, 2.05) is 6.07 Å². The van der Waals surface area contributed by atoms with Gasteiger partial charge in [0, 0.05) is 35.2 Å². The van der Waals surface area contributed by atoms with Gasteiger partial charge in [-0.1, -0.05) is 12.1 Å². The topological polar surface area (TPSA) is 109 Å². The van der Waals surface area contributed by atoms with Gasteiger partial charge in [-0.2, -0.15) is 0 Å². The normalized spacial score (nSPS) is 12.7. The van der Waals surface area contributed by atoms with Gasteiger partial charge >= 0.3 is 6.03 Å². The highest BCUT2D eigenvalue weighted by Crippen LogP contribution is 2.35. The van der Waals surface area contributed by atoms with E-state index in [0.29, 0.717) is 16.3 Å². The van der Waals surface area contributed by atoms with Crippen LogP contribution in [0.3, 0.4) is 0 Å². The van der Waals surface area contributed by atoms with E-state index < -0.39 is 6.03 Å². The first kappa shape index (κ1) is 16.5. The number of hydrogen-bond donors (Lipinski definition) is 4. The van der Waals surface area contributed by atoms with E-state index in [9.17, 15) is 9.59 Å². The van der Waals surface area contributed by atoms with Crippen LogP contribution in [0.25, 0.3) is 10.4 Å². The van der Waals surface area contributed by atoms with Crippen molar-refractivity contribution < 1.29 is 9.59 Å². The number of carbonyl (C=O) groups excluding carboxylic acids is 2. The van der Waals surface area contributed by atoms with Crippen LogP contribution in [0.15, 0.2) is 66.9 Å². The molecule has 3 rings (SSSR count). The van der Waals surface area contributed by atoms with Crippen LogP contribution in [0.4, 0.5) is 9.80 Å². The maximum absolute atomic E-state index is 12.6. The van der Waals surface area contributed by atoms with Gasteiger partial charge in [0.1, 0.15) is 5.00 Å². The van der Waals surface area contributed by atoms with Crippen molar-refractivity contribution in [3.8, 4) is 10.4 Å². The van der Waals surface area contributed by atoms with Gasteiger partial charge in [0.15, 0.2) is 0 Å². The SMILES string of the molecule is NC(=O)Nc1sc(-c2cccnc2)cc1C(=O)NC1=CNC=CC=C1. The first-order valence-electron chi connectivity index (χ1n) is 7.35. The van der Waals surface area contributed by atoms with Crippen molar-refractivity contribution in [1.82, 2.24) is 15.6 Å². The Hall–Kier alpha value is -3.39. The van der Waals surface area contributed by atoms with Gasteiger partial charge in [-0.3, -0.25) is 15.1 Å². The Morgan fingerprint density at radius 1 is 1.24 bits per heavy atom. The Labute approximate surface area is 148 Å².